The molecule has 5 N–H and O–H groups in total. The van der Waals surface area contributed by atoms with Gasteiger partial charge in [0.15, 0.2) is 0 Å². The molecule has 6 heteroatoms. The first-order valence-corrected chi connectivity index (χ1v) is 25.0. The lowest BCUT2D eigenvalue weighted by Gasteiger charge is -2.27. The Morgan fingerprint density at radius 2 is 0.741 bits per heavy atom. The third-order valence-electron chi connectivity index (χ3n) is 11.5. The SMILES string of the molecule is CCCC/C=C\CCCCCCC(O)C(=O)NC(CO)C(O)C(O)CCC/C=C/CC/C=C/CC/C=C/CCCCCCCCCCCCCCCCCCCCC. The fourth-order valence-corrected chi connectivity index (χ4v) is 7.48. The van der Waals surface area contributed by atoms with Crippen molar-refractivity contribution < 1.29 is 25.2 Å². The molecule has 0 aromatic heterocycles. The Morgan fingerprint density at radius 1 is 0.414 bits per heavy atom. The molecular weight excluding hydrogens is 719 g/mol. The van der Waals surface area contributed by atoms with Crippen molar-refractivity contribution in [1.29, 1.82) is 0 Å². The van der Waals surface area contributed by atoms with E-state index >= 15 is 0 Å². The fraction of sp³-hybridized carbons (Fsp3) is 0.827. The topological polar surface area (TPSA) is 110 Å². The predicted molar refractivity (Wildman–Crippen MR) is 251 cm³/mol. The van der Waals surface area contributed by atoms with Crippen molar-refractivity contribution in [3.05, 3.63) is 48.6 Å². The normalized spacial score (nSPS) is 14.4. The smallest absolute Gasteiger partial charge is 0.249 e. The Bertz CT molecular complexity index is 961. The van der Waals surface area contributed by atoms with Crippen LogP contribution < -0.4 is 5.32 Å². The van der Waals surface area contributed by atoms with Gasteiger partial charge in [-0.25, -0.2) is 0 Å². The first kappa shape index (κ1) is 56.3. The van der Waals surface area contributed by atoms with Gasteiger partial charge in [0.1, 0.15) is 12.2 Å². The van der Waals surface area contributed by atoms with E-state index in [9.17, 15) is 25.2 Å². The molecule has 0 aliphatic rings. The minimum absolute atomic E-state index is 0.341. The Morgan fingerprint density at radius 3 is 1.14 bits per heavy atom. The highest BCUT2D eigenvalue weighted by molar-refractivity contribution is 5.80. The molecule has 340 valence electrons. The lowest BCUT2D eigenvalue weighted by Crippen LogP contribution is -2.53. The summed E-state index contributed by atoms with van der Waals surface area (Å²) < 4.78 is 0. The molecule has 1 amide bonds. The molecule has 4 atom stereocenters. The maximum Gasteiger partial charge on any atom is 0.249 e. The second-order valence-electron chi connectivity index (χ2n) is 17.1. The van der Waals surface area contributed by atoms with Gasteiger partial charge in [0.25, 0.3) is 0 Å². The van der Waals surface area contributed by atoms with Gasteiger partial charge in [0.05, 0.1) is 18.8 Å². The molecule has 0 saturated heterocycles. The van der Waals surface area contributed by atoms with Crippen molar-refractivity contribution in [1.82, 2.24) is 5.32 Å². The number of amides is 1. The zero-order valence-corrected chi connectivity index (χ0v) is 38.3. The summed E-state index contributed by atoms with van der Waals surface area (Å²) in [6, 6.07) is -1.02. The van der Waals surface area contributed by atoms with Crippen molar-refractivity contribution in [2.75, 3.05) is 6.61 Å². The number of hydrogen-bond acceptors (Lipinski definition) is 5. The molecule has 0 aliphatic carbocycles. The van der Waals surface area contributed by atoms with Gasteiger partial charge >= 0.3 is 0 Å². The Labute approximate surface area is 359 Å². The van der Waals surface area contributed by atoms with Crippen LogP contribution in [0.4, 0.5) is 0 Å². The number of nitrogens with one attached hydrogen (secondary N) is 1. The van der Waals surface area contributed by atoms with Crippen molar-refractivity contribution in [2.45, 2.75) is 269 Å². The van der Waals surface area contributed by atoms with E-state index in [-0.39, 0.29) is 0 Å². The second kappa shape index (κ2) is 46.3. The second-order valence-corrected chi connectivity index (χ2v) is 17.1. The number of aliphatic hydroxyl groups is 4. The van der Waals surface area contributed by atoms with Crippen LogP contribution in [0.2, 0.25) is 0 Å². The summed E-state index contributed by atoms with van der Waals surface area (Å²) in [5, 5.41) is 43.6. The molecule has 0 saturated carbocycles. The van der Waals surface area contributed by atoms with Crippen LogP contribution in [0.25, 0.3) is 0 Å². The molecule has 0 rings (SSSR count). The van der Waals surface area contributed by atoms with Gasteiger partial charge in [-0.1, -0.05) is 210 Å². The first-order valence-electron chi connectivity index (χ1n) is 25.0. The number of carbonyl (C=O) groups excluding carboxylic acids is 1. The van der Waals surface area contributed by atoms with Crippen LogP contribution in [-0.4, -0.2) is 57.3 Å². The highest BCUT2D eigenvalue weighted by atomic mass is 16.3. The number of unbranched alkanes of at least 4 members (excludes halogenated alkanes) is 28. The minimum Gasteiger partial charge on any atom is -0.394 e. The Hall–Kier alpha value is -1.73. The number of allylic oxidation sites excluding steroid dienone is 8. The van der Waals surface area contributed by atoms with Gasteiger partial charge in [-0.15, -0.1) is 0 Å². The van der Waals surface area contributed by atoms with E-state index in [4.69, 9.17) is 0 Å². The van der Waals surface area contributed by atoms with E-state index in [2.05, 4.69) is 67.8 Å². The van der Waals surface area contributed by atoms with E-state index in [1.54, 1.807) is 0 Å². The summed E-state index contributed by atoms with van der Waals surface area (Å²) >= 11 is 0. The summed E-state index contributed by atoms with van der Waals surface area (Å²) in [6.07, 6.45) is 57.7. The van der Waals surface area contributed by atoms with Gasteiger partial charge in [0.2, 0.25) is 5.91 Å². The summed E-state index contributed by atoms with van der Waals surface area (Å²) in [4.78, 5) is 12.4. The molecule has 0 aromatic carbocycles. The largest absolute Gasteiger partial charge is 0.394 e. The molecule has 0 aromatic rings. The zero-order valence-electron chi connectivity index (χ0n) is 38.3. The van der Waals surface area contributed by atoms with Gasteiger partial charge in [-0.3, -0.25) is 4.79 Å². The highest BCUT2D eigenvalue weighted by Crippen LogP contribution is 2.16. The minimum atomic E-state index is -1.30. The van der Waals surface area contributed by atoms with E-state index in [1.807, 2.05) is 0 Å². The number of carbonyl (C=O) groups is 1. The van der Waals surface area contributed by atoms with E-state index in [0.29, 0.717) is 19.3 Å². The van der Waals surface area contributed by atoms with Crippen LogP contribution in [0.5, 0.6) is 0 Å². The fourth-order valence-electron chi connectivity index (χ4n) is 7.48. The van der Waals surface area contributed by atoms with Crippen LogP contribution in [0.1, 0.15) is 245 Å². The Balaban J connectivity index is 3.67. The maximum atomic E-state index is 12.4. The molecule has 0 fully saturated rings. The molecule has 0 radical (unpaired) electrons. The van der Waals surface area contributed by atoms with Crippen LogP contribution in [0, 0.1) is 0 Å². The molecule has 58 heavy (non-hydrogen) atoms. The third kappa shape index (κ3) is 39.7. The zero-order chi connectivity index (χ0) is 42.4. The molecule has 0 heterocycles. The van der Waals surface area contributed by atoms with Crippen LogP contribution in [0.15, 0.2) is 48.6 Å². The van der Waals surface area contributed by atoms with Crippen molar-refractivity contribution in [3.8, 4) is 0 Å². The van der Waals surface area contributed by atoms with Gasteiger partial charge in [-0.05, 0) is 83.5 Å². The average Bonchev–Trinajstić information content (AvgIpc) is 3.23. The van der Waals surface area contributed by atoms with Crippen LogP contribution >= 0.6 is 0 Å². The lowest BCUT2D eigenvalue weighted by atomic mass is 10.00. The number of aliphatic hydroxyl groups excluding tert-OH is 4. The van der Waals surface area contributed by atoms with E-state index < -0.39 is 36.9 Å². The number of rotatable bonds is 45. The molecule has 0 bridgehead atoms. The van der Waals surface area contributed by atoms with Crippen molar-refractivity contribution in [3.63, 3.8) is 0 Å². The van der Waals surface area contributed by atoms with Crippen molar-refractivity contribution in [2.24, 2.45) is 0 Å². The summed E-state index contributed by atoms with van der Waals surface area (Å²) in [6.45, 7) is 3.98. The molecule has 4 unspecified atom stereocenters. The van der Waals surface area contributed by atoms with E-state index in [1.165, 1.54) is 141 Å². The Kier molecular flexibility index (Phi) is 45.0. The van der Waals surface area contributed by atoms with Gasteiger partial charge in [-0.2, -0.15) is 0 Å². The van der Waals surface area contributed by atoms with Gasteiger partial charge < -0.3 is 25.7 Å². The highest BCUT2D eigenvalue weighted by Gasteiger charge is 2.28. The van der Waals surface area contributed by atoms with E-state index in [0.717, 1.165) is 70.6 Å². The molecule has 0 aliphatic heterocycles. The van der Waals surface area contributed by atoms with Crippen LogP contribution in [0.3, 0.4) is 0 Å². The molecule has 0 spiro atoms. The van der Waals surface area contributed by atoms with Gasteiger partial charge in [0, 0.05) is 0 Å². The quantitative estimate of drug-likeness (QED) is 0.0311. The summed E-state index contributed by atoms with van der Waals surface area (Å²) in [5.41, 5.74) is 0. The summed E-state index contributed by atoms with van der Waals surface area (Å²) in [5.74, 6) is -0.612. The predicted octanol–water partition coefficient (Wildman–Crippen LogP) is 13.9. The maximum absolute atomic E-state index is 12.4. The molecule has 6 nitrogen and oxygen atoms in total. The average molecular weight is 816 g/mol. The first-order chi connectivity index (χ1) is 28.5. The monoisotopic (exact) mass is 816 g/mol. The van der Waals surface area contributed by atoms with Crippen LogP contribution in [-0.2, 0) is 4.79 Å². The number of hydrogen-bond donors (Lipinski definition) is 5. The summed E-state index contributed by atoms with van der Waals surface area (Å²) in [7, 11) is 0. The van der Waals surface area contributed by atoms with Crippen molar-refractivity contribution >= 4 is 5.91 Å². The third-order valence-corrected chi connectivity index (χ3v) is 11.5. The standard InChI is InChI=1S/C52H97NO5/c1-3-5-7-9-11-13-15-16-17-18-19-20-21-22-23-24-25-26-27-28-29-30-31-32-33-34-35-36-38-39-41-43-45-49(55)51(57)48(47-54)53-52(58)50(56)46-44-42-40-37-14-12-10-8-6-4-2/h10,12,29-30,33-34,38-39,48-51,54-57H,3-9,11,13-28,31-32,35-37,40-47H2,1-2H3,(H,53,58)/b12-10-,30-29+,34-33+,39-38+. The molecular formula is C52H97NO5. The lowest BCUT2D eigenvalue weighted by molar-refractivity contribution is -0.132.